The van der Waals surface area contributed by atoms with Gasteiger partial charge in [0.1, 0.15) is 5.75 Å². The molecule has 0 heterocycles. The topological polar surface area (TPSA) is 49.3 Å². The predicted octanol–water partition coefficient (Wildman–Crippen LogP) is 2.32. The Kier molecular flexibility index (Phi) is 4.67. The third-order valence-corrected chi connectivity index (χ3v) is 2.62. The molecule has 0 unspecified atom stereocenters. The van der Waals surface area contributed by atoms with E-state index < -0.39 is 0 Å². The Hall–Kier alpha value is -0.300. The molecule has 2 N–H and O–H groups in total. The van der Waals surface area contributed by atoms with Crippen molar-refractivity contribution in [3.05, 3.63) is 28.2 Å². The van der Waals surface area contributed by atoms with E-state index in [9.17, 15) is 9.90 Å². The summed E-state index contributed by atoms with van der Waals surface area (Å²) in [5.74, 6) is -0.253. The number of hydrogen-bond acceptors (Lipinski definition) is 2. The van der Waals surface area contributed by atoms with Gasteiger partial charge in [-0.2, -0.15) is 0 Å². The molecule has 14 heavy (non-hydrogen) atoms. The van der Waals surface area contributed by atoms with Gasteiger partial charge in [-0.1, -0.05) is 38.5 Å². The summed E-state index contributed by atoms with van der Waals surface area (Å²) < 4.78 is 1.60. The highest BCUT2D eigenvalue weighted by molar-refractivity contribution is 14.1. The van der Waals surface area contributed by atoms with Crippen LogP contribution >= 0.6 is 38.5 Å². The van der Waals surface area contributed by atoms with Gasteiger partial charge in [0.2, 0.25) is 0 Å². The Labute approximate surface area is 104 Å². The molecule has 0 atom stereocenters. The number of carbonyl (C=O) groups is 1. The molecule has 1 rings (SSSR count). The summed E-state index contributed by atoms with van der Waals surface area (Å²) in [6.07, 6.45) is 0. The van der Waals surface area contributed by atoms with Crippen molar-refractivity contribution in [1.29, 1.82) is 0 Å². The van der Waals surface area contributed by atoms with Crippen LogP contribution in [0.3, 0.4) is 0 Å². The number of amides is 1. The van der Waals surface area contributed by atoms with Crippen molar-refractivity contribution in [2.24, 2.45) is 0 Å². The van der Waals surface area contributed by atoms with Crippen LogP contribution in [0.15, 0.2) is 22.7 Å². The van der Waals surface area contributed by atoms with Crippen molar-refractivity contribution in [1.82, 2.24) is 5.32 Å². The first-order valence-electron chi connectivity index (χ1n) is 3.98. The first-order chi connectivity index (χ1) is 6.65. The molecule has 0 saturated heterocycles. The van der Waals surface area contributed by atoms with E-state index in [-0.39, 0.29) is 11.7 Å². The van der Waals surface area contributed by atoms with Gasteiger partial charge in [0.05, 0.1) is 5.56 Å². The maximum absolute atomic E-state index is 11.4. The fraction of sp³-hybridized carbons (Fsp3) is 0.222. The molecule has 0 aliphatic rings. The molecule has 1 amide bonds. The number of carbonyl (C=O) groups excluding carboxylic acids is 1. The molecule has 1 aromatic rings. The van der Waals surface area contributed by atoms with Crippen LogP contribution in [0.25, 0.3) is 0 Å². The van der Waals surface area contributed by atoms with Crippen molar-refractivity contribution >= 4 is 44.4 Å². The molecule has 1 aromatic carbocycles. The van der Waals surface area contributed by atoms with E-state index in [0.717, 1.165) is 8.90 Å². The van der Waals surface area contributed by atoms with Gasteiger partial charge in [0, 0.05) is 15.4 Å². The number of phenolic OH excluding ortho intramolecular Hbond substituents is 1. The molecular weight excluding hydrogens is 361 g/mol. The SMILES string of the molecule is O=C(NCCI)c1ccc(Br)cc1O. The normalized spacial score (nSPS) is 9.86. The van der Waals surface area contributed by atoms with Gasteiger partial charge in [0.15, 0.2) is 0 Å². The van der Waals surface area contributed by atoms with Crippen molar-refractivity contribution in [2.45, 2.75) is 0 Å². The fourth-order valence-electron chi connectivity index (χ4n) is 0.953. The molecule has 76 valence electrons. The highest BCUT2D eigenvalue weighted by Gasteiger charge is 2.09. The third-order valence-electron chi connectivity index (χ3n) is 1.58. The van der Waals surface area contributed by atoms with Crippen LogP contribution in [0.2, 0.25) is 0 Å². The van der Waals surface area contributed by atoms with Crippen molar-refractivity contribution < 1.29 is 9.90 Å². The third kappa shape index (κ3) is 3.13. The highest BCUT2D eigenvalue weighted by Crippen LogP contribution is 2.21. The maximum atomic E-state index is 11.4. The van der Waals surface area contributed by atoms with Gasteiger partial charge in [-0.3, -0.25) is 4.79 Å². The van der Waals surface area contributed by atoms with Crippen molar-refractivity contribution in [3.63, 3.8) is 0 Å². The summed E-state index contributed by atoms with van der Waals surface area (Å²) in [6.45, 7) is 0.606. The van der Waals surface area contributed by atoms with Gasteiger partial charge in [-0.25, -0.2) is 0 Å². The van der Waals surface area contributed by atoms with Crippen LogP contribution in [0.4, 0.5) is 0 Å². The molecule has 0 aliphatic heterocycles. The molecule has 3 nitrogen and oxygen atoms in total. The first kappa shape index (κ1) is 11.8. The smallest absolute Gasteiger partial charge is 0.255 e. The van der Waals surface area contributed by atoms with Gasteiger partial charge >= 0.3 is 0 Å². The number of halogens is 2. The minimum atomic E-state index is -0.244. The van der Waals surface area contributed by atoms with Crippen LogP contribution in [0.5, 0.6) is 5.75 Å². The zero-order chi connectivity index (χ0) is 10.6. The second-order valence-corrected chi connectivity index (χ2v) is 4.60. The lowest BCUT2D eigenvalue weighted by atomic mass is 10.2. The van der Waals surface area contributed by atoms with E-state index in [2.05, 4.69) is 43.8 Å². The molecule has 0 saturated carbocycles. The fourth-order valence-corrected chi connectivity index (χ4v) is 1.57. The number of phenols is 1. The van der Waals surface area contributed by atoms with E-state index in [1.54, 1.807) is 12.1 Å². The highest BCUT2D eigenvalue weighted by atomic mass is 127. The maximum Gasteiger partial charge on any atom is 0.255 e. The predicted molar refractivity (Wildman–Crippen MR) is 67.0 cm³/mol. The summed E-state index contributed by atoms with van der Waals surface area (Å²) in [6, 6.07) is 4.81. The van der Waals surface area contributed by atoms with Crippen LogP contribution in [-0.2, 0) is 0 Å². The van der Waals surface area contributed by atoms with Crippen LogP contribution in [-0.4, -0.2) is 22.0 Å². The number of nitrogens with one attached hydrogen (secondary N) is 1. The molecule has 0 spiro atoms. The number of aromatic hydroxyl groups is 1. The minimum absolute atomic E-state index is 0.00895. The van der Waals surface area contributed by atoms with Gasteiger partial charge in [-0.15, -0.1) is 0 Å². The Bertz CT molecular complexity index is 344. The lowest BCUT2D eigenvalue weighted by molar-refractivity contribution is 0.0954. The summed E-state index contributed by atoms with van der Waals surface area (Å²) in [5.41, 5.74) is 0.304. The summed E-state index contributed by atoms with van der Waals surface area (Å²) >= 11 is 5.37. The Morgan fingerprint density at radius 1 is 1.57 bits per heavy atom. The van der Waals surface area contributed by atoms with Gasteiger partial charge in [0.25, 0.3) is 5.91 Å². The average molecular weight is 370 g/mol. The van der Waals surface area contributed by atoms with Crippen LogP contribution in [0, 0.1) is 0 Å². The molecular formula is C9H9BrINO2. The van der Waals surface area contributed by atoms with Crippen LogP contribution < -0.4 is 5.32 Å². The first-order valence-corrected chi connectivity index (χ1v) is 6.29. The number of rotatable bonds is 3. The quantitative estimate of drug-likeness (QED) is 0.634. The monoisotopic (exact) mass is 369 g/mol. The largest absolute Gasteiger partial charge is 0.507 e. The lowest BCUT2D eigenvalue weighted by Gasteiger charge is -2.05. The average Bonchev–Trinajstić information content (AvgIpc) is 2.14. The molecule has 0 aliphatic carbocycles. The molecule has 0 bridgehead atoms. The minimum Gasteiger partial charge on any atom is -0.507 e. The standard InChI is InChI=1S/C9H9BrINO2/c10-6-1-2-7(8(13)5-6)9(14)12-4-3-11/h1-2,5,13H,3-4H2,(H,12,14). The second kappa shape index (κ2) is 5.55. The van der Waals surface area contributed by atoms with E-state index in [1.165, 1.54) is 6.07 Å². The molecule has 0 radical (unpaired) electrons. The molecule has 5 heteroatoms. The number of benzene rings is 1. The number of hydrogen-bond donors (Lipinski definition) is 2. The van der Waals surface area contributed by atoms with E-state index in [1.807, 2.05) is 0 Å². The Morgan fingerprint density at radius 3 is 2.86 bits per heavy atom. The Balaban J connectivity index is 2.80. The van der Waals surface area contributed by atoms with E-state index >= 15 is 0 Å². The lowest BCUT2D eigenvalue weighted by Crippen LogP contribution is -2.25. The van der Waals surface area contributed by atoms with Crippen LogP contribution in [0.1, 0.15) is 10.4 Å². The summed E-state index contributed by atoms with van der Waals surface area (Å²) in [4.78, 5) is 11.4. The van der Waals surface area contributed by atoms with Crippen molar-refractivity contribution in [2.75, 3.05) is 11.0 Å². The Morgan fingerprint density at radius 2 is 2.29 bits per heavy atom. The van der Waals surface area contributed by atoms with Crippen molar-refractivity contribution in [3.8, 4) is 5.75 Å². The summed E-state index contributed by atoms with van der Waals surface area (Å²) in [5, 5.41) is 12.2. The number of alkyl halides is 1. The molecule has 0 aromatic heterocycles. The second-order valence-electron chi connectivity index (χ2n) is 2.61. The zero-order valence-corrected chi connectivity index (χ0v) is 11.0. The van der Waals surface area contributed by atoms with Gasteiger partial charge in [-0.05, 0) is 18.2 Å². The van der Waals surface area contributed by atoms with E-state index in [4.69, 9.17) is 0 Å². The summed E-state index contributed by atoms with van der Waals surface area (Å²) in [7, 11) is 0. The van der Waals surface area contributed by atoms with Gasteiger partial charge < -0.3 is 10.4 Å². The molecule has 0 fully saturated rings. The van der Waals surface area contributed by atoms with E-state index in [0.29, 0.717) is 12.1 Å². The zero-order valence-electron chi connectivity index (χ0n) is 7.26.